The molecule has 4 nitrogen and oxygen atoms in total. The van der Waals surface area contributed by atoms with Crippen LogP contribution in [0.4, 0.5) is 0 Å². The zero-order valence-corrected chi connectivity index (χ0v) is 10.9. The van der Waals surface area contributed by atoms with Gasteiger partial charge in [-0.1, -0.05) is 13.8 Å². The van der Waals surface area contributed by atoms with Crippen molar-refractivity contribution in [1.82, 2.24) is 15.6 Å². The van der Waals surface area contributed by atoms with E-state index in [1.54, 1.807) is 11.3 Å². The monoisotopic (exact) mass is 241 g/mol. The Kier molecular flexibility index (Phi) is 5.42. The summed E-state index contributed by atoms with van der Waals surface area (Å²) in [5, 5.41) is 8.99. The molecule has 0 bridgehead atoms. The van der Waals surface area contributed by atoms with Crippen LogP contribution in [0.1, 0.15) is 24.5 Å². The van der Waals surface area contributed by atoms with Gasteiger partial charge in [-0.15, -0.1) is 11.3 Å². The van der Waals surface area contributed by atoms with Gasteiger partial charge < -0.3 is 10.6 Å². The number of carbonyl (C=O) groups is 1. The minimum absolute atomic E-state index is 0.0423. The first kappa shape index (κ1) is 13.1. The van der Waals surface area contributed by atoms with Crippen molar-refractivity contribution in [2.75, 3.05) is 13.1 Å². The van der Waals surface area contributed by atoms with Crippen LogP contribution in [0.25, 0.3) is 0 Å². The minimum Gasteiger partial charge on any atom is -0.355 e. The molecule has 0 aliphatic heterocycles. The summed E-state index contributed by atoms with van der Waals surface area (Å²) >= 11 is 1.63. The van der Waals surface area contributed by atoms with Crippen molar-refractivity contribution in [2.24, 2.45) is 5.92 Å². The summed E-state index contributed by atoms with van der Waals surface area (Å²) in [5.41, 5.74) is 0.999. The maximum absolute atomic E-state index is 11.4. The number of hydrogen-bond acceptors (Lipinski definition) is 4. The number of hydrogen-bond donors (Lipinski definition) is 2. The highest BCUT2D eigenvalue weighted by Gasteiger charge is 2.02. The largest absolute Gasteiger partial charge is 0.355 e. The smallest absolute Gasteiger partial charge is 0.233 e. The molecule has 0 saturated carbocycles. The van der Waals surface area contributed by atoms with Crippen molar-refractivity contribution < 1.29 is 4.79 Å². The Morgan fingerprint density at radius 3 is 2.88 bits per heavy atom. The quantitative estimate of drug-likeness (QED) is 0.789. The molecule has 0 atom stereocenters. The van der Waals surface area contributed by atoms with Gasteiger partial charge in [0.05, 0.1) is 17.2 Å². The Hall–Kier alpha value is -0.940. The van der Waals surface area contributed by atoms with E-state index in [2.05, 4.69) is 29.5 Å². The molecule has 0 aromatic carbocycles. The molecular weight excluding hydrogens is 222 g/mol. The third-order valence-corrected chi connectivity index (χ3v) is 2.79. The number of nitrogens with zero attached hydrogens (tertiary/aromatic N) is 1. The highest BCUT2D eigenvalue weighted by Crippen LogP contribution is 2.06. The molecule has 0 spiro atoms. The second kappa shape index (κ2) is 6.60. The van der Waals surface area contributed by atoms with Crippen LogP contribution in [0.2, 0.25) is 0 Å². The summed E-state index contributed by atoms with van der Waals surface area (Å²) in [6.45, 7) is 7.86. The van der Waals surface area contributed by atoms with E-state index in [0.717, 1.165) is 17.2 Å². The van der Waals surface area contributed by atoms with Gasteiger partial charge in [-0.2, -0.15) is 0 Å². The van der Waals surface area contributed by atoms with Crippen LogP contribution in [-0.4, -0.2) is 24.0 Å². The molecule has 2 N–H and O–H groups in total. The number of aryl methyl sites for hydroxylation is 1. The van der Waals surface area contributed by atoms with Crippen LogP contribution in [0.5, 0.6) is 0 Å². The van der Waals surface area contributed by atoms with E-state index in [-0.39, 0.29) is 5.91 Å². The molecule has 16 heavy (non-hydrogen) atoms. The Labute approximate surface area is 100 Å². The molecule has 0 aliphatic carbocycles. The zero-order valence-electron chi connectivity index (χ0n) is 10.0. The predicted octanol–water partition coefficient (Wildman–Crippen LogP) is 1.31. The summed E-state index contributed by atoms with van der Waals surface area (Å²) < 4.78 is 0. The number of amides is 1. The number of carbonyl (C=O) groups excluding carboxylic acids is 1. The normalized spacial score (nSPS) is 10.8. The van der Waals surface area contributed by atoms with E-state index < -0.39 is 0 Å². The first-order valence-electron chi connectivity index (χ1n) is 5.46. The van der Waals surface area contributed by atoms with Crippen molar-refractivity contribution >= 4 is 17.2 Å². The minimum atomic E-state index is 0.0423. The van der Waals surface area contributed by atoms with Gasteiger partial charge in [-0.05, 0) is 12.8 Å². The Balaban J connectivity index is 2.13. The lowest BCUT2D eigenvalue weighted by Crippen LogP contribution is -2.35. The van der Waals surface area contributed by atoms with Crippen LogP contribution in [0.15, 0.2) is 5.38 Å². The number of thiazole rings is 1. The first-order valence-corrected chi connectivity index (χ1v) is 6.34. The first-order chi connectivity index (χ1) is 7.58. The maximum Gasteiger partial charge on any atom is 0.233 e. The lowest BCUT2D eigenvalue weighted by Gasteiger charge is -2.07. The molecule has 0 aliphatic rings. The summed E-state index contributed by atoms with van der Waals surface area (Å²) in [5.74, 6) is 0.533. The third kappa shape index (κ3) is 5.23. The Morgan fingerprint density at radius 1 is 1.56 bits per heavy atom. The molecule has 0 radical (unpaired) electrons. The average molecular weight is 241 g/mol. The fraction of sp³-hybridized carbons (Fsp3) is 0.636. The third-order valence-electron chi connectivity index (χ3n) is 1.97. The number of aromatic nitrogens is 1. The fourth-order valence-electron chi connectivity index (χ4n) is 1.17. The highest BCUT2D eigenvalue weighted by molar-refractivity contribution is 7.09. The summed E-state index contributed by atoms with van der Waals surface area (Å²) in [6, 6.07) is 0. The van der Waals surface area contributed by atoms with Crippen LogP contribution in [-0.2, 0) is 11.3 Å². The fourth-order valence-corrected chi connectivity index (χ4v) is 1.79. The summed E-state index contributed by atoms with van der Waals surface area (Å²) in [4.78, 5) is 15.7. The van der Waals surface area contributed by atoms with Gasteiger partial charge in [0, 0.05) is 18.5 Å². The van der Waals surface area contributed by atoms with Crippen LogP contribution < -0.4 is 10.6 Å². The molecular formula is C11H19N3OS. The van der Waals surface area contributed by atoms with Gasteiger partial charge in [0.15, 0.2) is 0 Å². The SMILES string of the molecule is Cc1nc(CNCC(=O)NCC(C)C)cs1. The number of rotatable bonds is 6. The van der Waals surface area contributed by atoms with E-state index >= 15 is 0 Å². The second-order valence-electron chi connectivity index (χ2n) is 4.16. The van der Waals surface area contributed by atoms with Gasteiger partial charge in [0.1, 0.15) is 0 Å². The van der Waals surface area contributed by atoms with Gasteiger partial charge in [0.25, 0.3) is 0 Å². The van der Waals surface area contributed by atoms with Crippen molar-refractivity contribution in [2.45, 2.75) is 27.3 Å². The standard InChI is InChI=1S/C11H19N3OS/c1-8(2)4-13-11(15)6-12-5-10-7-16-9(3)14-10/h7-8,12H,4-6H2,1-3H3,(H,13,15). The topological polar surface area (TPSA) is 54.0 Å². The van der Waals surface area contributed by atoms with E-state index in [1.807, 2.05) is 12.3 Å². The molecule has 5 heteroatoms. The zero-order chi connectivity index (χ0) is 12.0. The van der Waals surface area contributed by atoms with Crippen molar-refractivity contribution in [3.63, 3.8) is 0 Å². The maximum atomic E-state index is 11.4. The molecule has 1 aromatic heterocycles. The molecule has 1 amide bonds. The van der Waals surface area contributed by atoms with Crippen LogP contribution in [0.3, 0.4) is 0 Å². The van der Waals surface area contributed by atoms with Crippen LogP contribution in [0, 0.1) is 12.8 Å². The molecule has 0 saturated heterocycles. The molecule has 0 fully saturated rings. The van der Waals surface area contributed by atoms with Crippen LogP contribution >= 0.6 is 11.3 Å². The van der Waals surface area contributed by atoms with Gasteiger partial charge in [-0.25, -0.2) is 4.98 Å². The summed E-state index contributed by atoms with van der Waals surface area (Å²) in [7, 11) is 0. The number of nitrogens with one attached hydrogen (secondary N) is 2. The average Bonchev–Trinajstić information content (AvgIpc) is 2.61. The summed E-state index contributed by atoms with van der Waals surface area (Å²) in [6.07, 6.45) is 0. The van der Waals surface area contributed by atoms with E-state index in [0.29, 0.717) is 19.0 Å². The van der Waals surface area contributed by atoms with Crippen molar-refractivity contribution in [3.05, 3.63) is 16.1 Å². The molecule has 1 aromatic rings. The van der Waals surface area contributed by atoms with Crippen molar-refractivity contribution in [3.8, 4) is 0 Å². The van der Waals surface area contributed by atoms with E-state index in [1.165, 1.54) is 0 Å². The second-order valence-corrected chi connectivity index (χ2v) is 5.22. The predicted molar refractivity (Wildman–Crippen MR) is 66.4 cm³/mol. The molecule has 90 valence electrons. The molecule has 1 heterocycles. The van der Waals surface area contributed by atoms with Gasteiger partial charge in [0.2, 0.25) is 5.91 Å². The molecule has 1 rings (SSSR count). The van der Waals surface area contributed by atoms with Gasteiger partial charge in [-0.3, -0.25) is 4.79 Å². The molecule has 0 unspecified atom stereocenters. The lowest BCUT2D eigenvalue weighted by molar-refractivity contribution is -0.120. The highest BCUT2D eigenvalue weighted by atomic mass is 32.1. The Bertz CT molecular complexity index is 336. The van der Waals surface area contributed by atoms with Crippen molar-refractivity contribution in [1.29, 1.82) is 0 Å². The Morgan fingerprint density at radius 2 is 2.31 bits per heavy atom. The lowest BCUT2D eigenvalue weighted by atomic mass is 10.2. The van der Waals surface area contributed by atoms with E-state index in [9.17, 15) is 4.79 Å². The van der Waals surface area contributed by atoms with Gasteiger partial charge >= 0.3 is 0 Å². The van der Waals surface area contributed by atoms with E-state index in [4.69, 9.17) is 0 Å².